The molecule has 0 bridgehead atoms. The van der Waals surface area contributed by atoms with Gasteiger partial charge < -0.3 is 15.7 Å². The van der Waals surface area contributed by atoms with Gasteiger partial charge in [-0.1, -0.05) is 119 Å². The van der Waals surface area contributed by atoms with Crippen LogP contribution in [0.15, 0.2) is 59.5 Å². The number of benzene rings is 3. The second-order valence-electron chi connectivity index (χ2n) is 11.7. The van der Waals surface area contributed by atoms with Gasteiger partial charge in [-0.3, -0.25) is 9.59 Å². The van der Waals surface area contributed by atoms with E-state index in [1.165, 1.54) is 95.0 Å². The molecular weight excluding hydrogens is 667 g/mol. The van der Waals surface area contributed by atoms with E-state index in [0.29, 0.717) is 5.02 Å². The lowest BCUT2D eigenvalue weighted by molar-refractivity contribution is -0.118. The summed E-state index contributed by atoms with van der Waals surface area (Å²) in [6.45, 7) is 3.74. The molecule has 0 fully saturated rings. The smallest absolute Gasteiger partial charge is 0.255 e. The maximum atomic E-state index is 13.1. The molecule has 0 aliphatic heterocycles. The third-order valence-electron chi connectivity index (χ3n) is 7.79. The summed E-state index contributed by atoms with van der Waals surface area (Å²) >= 11 is 18.2. The Morgan fingerprint density at radius 3 is 1.96 bits per heavy atom. The van der Waals surface area contributed by atoms with Gasteiger partial charge in [0.25, 0.3) is 5.91 Å². The van der Waals surface area contributed by atoms with Crippen molar-refractivity contribution in [1.29, 1.82) is 0 Å². The fraction of sp³-hybridized carbons (Fsp3) is 0.429. The zero-order chi connectivity index (χ0) is 33.7. The van der Waals surface area contributed by atoms with Crippen LogP contribution in [0.1, 0.15) is 94.0 Å². The minimum atomic E-state index is -3.74. The number of amides is 2. The Balaban J connectivity index is 1.48. The van der Waals surface area contributed by atoms with Gasteiger partial charge in [-0.15, -0.1) is 0 Å². The number of unbranched alkanes of at least 4 members (excludes halogenated alkanes) is 9. The number of anilines is 2. The average molecular weight is 710 g/mol. The Hall–Kier alpha value is -2.78. The van der Waals surface area contributed by atoms with Gasteiger partial charge in [0.15, 0.2) is 9.84 Å². The van der Waals surface area contributed by atoms with Crippen molar-refractivity contribution in [3.8, 4) is 5.75 Å². The molecule has 2 amide bonds. The van der Waals surface area contributed by atoms with Gasteiger partial charge in [-0.25, -0.2) is 8.42 Å². The van der Waals surface area contributed by atoms with Gasteiger partial charge >= 0.3 is 0 Å². The third-order valence-corrected chi connectivity index (χ3v) is 10.8. The maximum absolute atomic E-state index is 13.1. The molecule has 3 aromatic carbocycles. The molecule has 0 aliphatic carbocycles. The number of aromatic hydroxyl groups is 1. The minimum absolute atomic E-state index is 0.00584. The number of carbonyl (C=O) groups is 2. The van der Waals surface area contributed by atoms with E-state index in [1.54, 1.807) is 12.1 Å². The molecule has 46 heavy (non-hydrogen) atoms. The molecule has 0 aromatic heterocycles. The highest BCUT2D eigenvalue weighted by molar-refractivity contribution is 7.91. The SMILES string of the molecule is CCCCCCCCCCCCc1ccc(S(=O)(=O)CC(C)C(=O)Nc2cc(O)c(NC(=O)c3ccc(Cl)c(Cl)c3)cc2Cl)cc1. The van der Waals surface area contributed by atoms with Crippen LogP contribution >= 0.6 is 34.8 Å². The Labute approximate surface area is 288 Å². The van der Waals surface area contributed by atoms with E-state index < -0.39 is 33.3 Å². The first-order valence-corrected chi connectivity index (χ1v) is 18.6. The molecule has 11 heteroatoms. The van der Waals surface area contributed by atoms with Crippen molar-refractivity contribution in [2.45, 2.75) is 89.4 Å². The van der Waals surface area contributed by atoms with Crippen LogP contribution < -0.4 is 10.6 Å². The molecule has 3 aromatic rings. The molecular formula is C35H43Cl3N2O5S. The van der Waals surface area contributed by atoms with Crippen LogP contribution in [0.3, 0.4) is 0 Å². The zero-order valence-electron chi connectivity index (χ0n) is 26.4. The van der Waals surface area contributed by atoms with Crippen LogP contribution in [0.5, 0.6) is 5.75 Å². The normalized spacial score (nSPS) is 12.1. The largest absolute Gasteiger partial charge is 0.506 e. The first kappa shape index (κ1) is 37.7. The monoisotopic (exact) mass is 708 g/mol. The number of phenolic OH excluding ortho intramolecular Hbond substituents is 1. The summed E-state index contributed by atoms with van der Waals surface area (Å²) in [5.74, 6) is -2.82. The molecule has 3 N–H and O–H groups in total. The van der Waals surface area contributed by atoms with Crippen LogP contribution in [0.2, 0.25) is 15.1 Å². The van der Waals surface area contributed by atoms with E-state index in [9.17, 15) is 23.1 Å². The maximum Gasteiger partial charge on any atom is 0.255 e. The highest BCUT2D eigenvalue weighted by Crippen LogP contribution is 2.35. The quantitative estimate of drug-likeness (QED) is 0.0899. The summed E-state index contributed by atoms with van der Waals surface area (Å²) in [5.41, 5.74) is 1.38. The second kappa shape index (κ2) is 18.5. The predicted molar refractivity (Wildman–Crippen MR) is 189 cm³/mol. The lowest BCUT2D eigenvalue weighted by atomic mass is 10.0. The number of hydrogen-bond donors (Lipinski definition) is 3. The molecule has 0 aliphatic rings. The highest BCUT2D eigenvalue weighted by atomic mass is 35.5. The molecule has 0 saturated carbocycles. The predicted octanol–water partition coefficient (Wildman–Crippen LogP) is 10.1. The van der Waals surface area contributed by atoms with E-state index >= 15 is 0 Å². The van der Waals surface area contributed by atoms with E-state index in [4.69, 9.17) is 34.8 Å². The number of sulfone groups is 1. The second-order valence-corrected chi connectivity index (χ2v) is 14.9. The molecule has 1 unspecified atom stereocenters. The van der Waals surface area contributed by atoms with Gasteiger partial charge in [0, 0.05) is 17.5 Å². The number of carbonyl (C=O) groups excluding carboxylic acids is 2. The number of aryl methyl sites for hydroxylation is 1. The first-order valence-electron chi connectivity index (χ1n) is 15.8. The van der Waals surface area contributed by atoms with Crippen LogP contribution in [-0.4, -0.2) is 31.1 Å². The van der Waals surface area contributed by atoms with Gasteiger partial charge in [-0.2, -0.15) is 0 Å². The Kier molecular flexibility index (Phi) is 15.2. The standard InChI is InChI=1S/C35H43Cl3N2O5S/c1-3-4-5-6-7-8-9-10-11-12-13-25-14-17-27(18-15-25)46(44,45)23-24(2)34(42)39-31-22-33(41)32(21-30(31)38)40-35(43)26-16-19-28(36)29(37)20-26/h14-22,24,41H,3-13,23H2,1-2H3,(H,39,42)(H,40,43). The molecule has 0 spiro atoms. The van der Waals surface area contributed by atoms with Crippen LogP contribution in [0.25, 0.3) is 0 Å². The van der Waals surface area contributed by atoms with Crippen molar-refractivity contribution in [1.82, 2.24) is 0 Å². The van der Waals surface area contributed by atoms with Crippen molar-refractivity contribution in [3.63, 3.8) is 0 Å². The van der Waals surface area contributed by atoms with Crippen molar-refractivity contribution < 1.29 is 23.1 Å². The van der Waals surface area contributed by atoms with Crippen LogP contribution in [-0.2, 0) is 21.1 Å². The van der Waals surface area contributed by atoms with E-state index in [0.717, 1.165) is 18.4 Å². The van der Waals surface area contributed by atoms with Crippen molar-refractivity contribution in [3.05, 3.63) is 80.8 Å². The van der Waals surface area contributed by atoms with Gasteiger partial charge in [0.2, 0.25) is 5.91 Å². The third kappa shape index (κ3) is 11.8. The highest BCUT2D eigenvalue weighted by Gasteiger charge is 2.24. The molecule has 1 atom stereocenters. The van der Waals surface area contributed by atoms with Crippen molar-refractivity contribution >= 4 is 67.8 Å². The fourth-order valence-corrected chi connectivity index (χ4v) is 7.09. The summed E-state index contributed by atoms with van der Waals surface area (Å²) in [7, 11) is -3.74. The molecule has 7 nitrogen and oxygen atoms in total. The van der Waals surface area contributed by atoms with Gasteiger partial charge in [0.1, 0.15) is 5.75 Å². The number of nitrogens with one attached hydrogen (secondary N) is 2. The van der Waals surface area contributed by atoms with Crippen LogP contribution in [0.4, 0.5) is 11.4 Å². The lowest BCUT2D eigenvalue weighted by Crippen LogP contribution is -2.27. The molecule has 250 valence electrons. The number of hydrogen-bond acceptors (Lipinski definition) is 5. The molecule has 0 radical (unpaired) electrons. The minimum Gasteiger partial charge on any atom is -0.506 e. The van der Waals surface area contributed by atoms with E-state index in [2.05, 4.69) is 17.6 Å². The van der Waals surface area contributed by atoms with Gasteiger partial charge in [-0.05, 0) is 54.8 Å². The van der Waals surface area contributed by atoms with Crippen molar-refractivity contribution in [2.75, 3.05) is 16.4 Å². The summed E-state index contributed by atoms with van der Waals surface area (Å²) in [6.07, 6.45) is 13.6. The Morgan fingerprint density at radius 1 is 0.739 bits per heavy atom. The lowest BCUT2D eigenvalue weighted by Gasteiger charge is -2.15. The summed E-state index contributed by atoms with van der Waals surface area (Å²) in [5, 5.41) is 16.1. The number of rotatable bonds is 18. The Bertz CT molecular complexity index is 1580. The topological polar surface area (TPSA) is 113 Å². The zero-order valence-corrected chi connectivity index (χ0v) is 29.5. The summed E-state index contributed by atoms with van der Waals surface area (Å²) in [4.78, 5) is 25.7. The summed E-state index contributed by atoms with van der Waals surface area (Å²) < 4.78 is 26.2. The van der Waals surface area contributed by atoms with E-state index in [1.807, 2.05) is 12.1 Å². The average Bonchev–Trinajstić information content (AvgIpc) is 3.01. The molecule has 0 saturated heterocycles. The van der Waals surface area contributed by atoms with E-state index in [-0.39, 0.29) is 37.6 Å². The van der Waals surface area contributed by atoms with Gasteiger partial charge in [0.05, 0.1) is 37.1 Å². The number of phenols is 1. The molecule has 3 rings (SSSR count). The first-order chi connectivity index (χ1) is 21.9. The fourth-order valence-electron chi connectivity index (χ4n) is 5.03. The number of halogens is 3. The molecule has 0 heterocycles. The Morgan fingerprint density at radius 2 is 1.35 bits per heavy atom. The summed E-state index contributed by atoms with van der Waals surface area (Å²) in [6, 6.07) is 13.7. The van der Waals surface area contributed by atoms with Crippen LogP contribution in [0, 0.1) is 5.92 Å². The van der Waals surface area contributed by atoms with Crippen molar-refractivity contribution in [2.24, 2.45) is 5.92 Å².